The molecule has 0 saturated heterocycles. The van der Waals surface area contributed by atoms with Crippen LogP contribution in [0.15, 0.2) is 34.8 Å². The second-order valence-electron chi connectivity index (χ2n) is 11.7. The summed E-state index contributed by atoms with van der Waals surface area (Å²) in [5.41, 5.74) is 1.11. The number of phenolic OH excluding ortho intramolecular Hbond substituents is 1. The van der Waals surface area contributed by atoms with Crippen LogP contribution in [-0.2, 0) is 20.8 Å². The van der Waals surface area contributed by atoms with Gasteiger partial charge in [0.2, 0.25) is 11.7 Å². The quantitative estimate of drug-likeness (QED) is 0.244. The summed E-state index contributed by atoms with van der Waals surface area (Å²) in [6.45, 7) is 1.82. The molecule has 3 aliphatic rings. The lowest BCUT2D eigenvalue weighted by Crippen LogP contribution is -2.66. The molecule has 1 aromatic carbocycles. The summed E-state index contributed by atoms with van der Waals surface area (Å²) in [5, 5.41) is 48.4. The maximum atomic E-state index is 14.2. The third kappa shape index (κ3) is 4.45. The van der Waals surface area contributed by atoms with Crippen LogP contribution in [0.2, 0.25) is 0 Å². The third-order valence-corrected chi connectivity index (χ3v) is 8.67. The fourth-order valence-corrected chi connectivity index (χ4v) is 6.76. The van der Waals surface area contributed by atoms with E-state index in [1.54, 1.807) is 39.2 Å². The van der Waals surface area contributed by atoms with E-state index in [0.29, 0.717) is 17.7 Å². The van der Waals surface area contributed by atoms with E-state index in [1.807, 2.05) is 6.92 Å². The number of benzene rings is 1. The van der Waals surface area contributed by atoms with Gasteiger partial charge in [-0.3, -0.25) is 24.1 Å². The van der Waals surface area contributed by atoms with E-state index in [0.717, 1.165) is 6.42 Å². The van der Waals surface area contributed by atoms with Crippen LogP contribution in [0.25, 0.3) is 0 Å². The highest BCUT2D eigenvalue weighted by atomic mass is 16.3. The summed E-state index contributed by atoms with van der Waals surface area (Å²) in [6.07, 6.45) is 1.58. The number of carbonyl (C=O) groups is 4. The lowest BCUT2D eigenvalue weighted by atomic mass is 9.52. The van der Waals surface area contributed by atoms with Crippen molar-refractivity contribution in [2.75, 3.05) is 39.6 Å². The van der Waals surface area contributed by atoms with Crippen molar-refractivity contribution >= 4 is 29.1 Å². The second kappa shape index (κ2) is 10.5. The molecular formula is C29H38N4O8. The number of aliphatic hydroxyl groups is 3. The summed E-state index contributed by atoms with van der Waals surface area (Å²) in [6, 6.07) is 1.86. The van der Waals surface area contributed by atoms with Crippen LogP contribution in [-0.4, -0.2) is 95.1 Å². The number of likely N-dealkylation sites (N-methyl/N-ethyl adjacent to an activating group) is 1. The minimum Gasteiger partial charge on any atom is -0.510 e. The van der Waals surface area contributed by atoms with E-state index >= 15 is 0 Å². The van der Waals surface area contributed by atoms with Gasteiger partial charge >= 0.3 is 0 Å². The topological polar surface area (TPSA) is 194 Å². The standard InChI is InChI=1S/C29H38N4O8/c1-6-7-8-18(35)31-13-28-11-14-16(32(2)3)9-10-17(34)19(14)23(36)21(28)26(39)29(41)15(12-28)22(33(4)5)24(37)20(25(29)38)27(30)40/h9-10,15,22,34,37,39,41H,6-8,11-13H2,1-5H3,(H2,30,40)(H,31,35)/t15-,22-,28-,29+/m0/s1. The Hall–Kier alpha value is -3.90. The number of amides is 2. The number of Topliss-reactive ketones (excluding diaryl/α,β-unsaturated/α-hetero) is 2. The number of nitrogens with one attached hydrogen (secondary N) is 1. The molecule has 0 heterocycles. The predicted molar refractivity (Wildman–Crippen MR) is 149 cm³/mol. The van der Waals surface area contributed by atoms with Crippen molar-refractivity contribution in [3.05, 3.63) is 45.9 Å². The number of aromatic hydroxyl groups is 1. The van der Waals surface area contributed by atoms with E-state index < -0.39 is 57.5 Å². The maximum Gasteiger partial charge on any atom is 0.255 e. The molecule has 0 fully saturated rings. The second-order valence-corrected chi connectivity index (χ2v) is 11.7. The van der Waals surface area contributed by atoms with Crippen molar-refractivity contribution < 1.29 is 39.6 Å². The highest BCUT2D eigenvalue weighted by molar-refractivity contribution is 6.25. The summed E-state index contributed by atoms with van der Waals surface area (Å²) >= 11 is 0. The van der Waals surface area contributed by atoms with Gasteiger partial charge in [0.05, 0.1) is 11.6 Å². The highest BCUT2D eigenvalue weighted by Crippen LogP contribution is 2.58. The molecule has 2 amide bonds. The van der Waals surface area contributed by atoms with Crippen LogP contribution in [0.4, 0.5) is 5.69 Å². The third-order valence-electron chi connectivity index (χ3n) is 8.67. The summed E-state index contributed by atoms with van der Waals surface area (Å²) < 4.78 is 0. The highest BCUT2D eigenvalue weighted by Gasteiger charge is 2.66. The number of carbonyl (C=O) groups excluding carboxylic acids is 4. The number of phenols is 1. The van der Waals surface area contributed by atoms with Crippen molar-refractivity contribution in [3.8, 4) is 5.75 Å². The number of nitrogens with two attached hydrogens (primary N) is 1. The van der Waals surface area contributed by atoms with Crippen molar-refractivity contribution in [2.45, 2.75) is 50.7 Å². The summed E-state index contributed by atoms with van der Waals surface area (Å²) in [7, 11) is 6.67. The van der Waals surface area contributed by atoms with Crippen molar-refractivity contribution in [1.29, 1.82) is 0 Å². The number of aliphatic hydroxyl groups excluding tert-OH is 2. The number of primary amides is 1. The van der Waals surface area contributed by atoms with Gasteiger partial charge in [-0.05, 0) is 51.1 Å². The number of rotatable bonds is 8. The van der Waals surface area contributed by atoms with E-state index in [1.165, 1.54) is 11.0 Å². The van der Waals surface area contributed by atoms with Crippen LogP contribution in [0.1, 0.15) is 48.5 Å². The fourth-order valence-electron chi connectivity index (χ4n) is 6.76. The molecule has 1 aromatic rings. The normalized spacial score (nSPS) is 27.4. The van der Waals surface area contributed by atoms with Gasteiger partial charge in [-0.2, -0.15) is 0 Å². The lowest BCUT2D eigenvalue weighted by Gasteiger charge is -2.54. The Labute approximate surface area is 238 Å². The van der Waals surface area contributed by atoms with Crippen LogP contribution >= 0.6 is 0 Å². The first kappa shape index (κ1) is 30.1. The number of nitrogens with zero attached hydrogens (tertiary/aromatic N) is 2. The Kier molecular flexibility index (Phi) is 7.70. The molecule has 222 valence electrons. The van der Waals surface area contributed by atoms with Gasteiger partial charge in [0.1, 0.15) is 22.8 Å². The molecule has 4 rings (SSSR count). The largest absolute Gasteiger partial charge is 0.510 e. The summed E-state index contributed by atoms with van der Waals surface area (Å²) in [4.78, 5) is 56.1. The van der Waals surface area contributed by atoms with Crippen LogP contribution in [0, 0.1) is 11.3 Å². The summed E-state index contributed by atoms with van der Waals surface area (Å²) in [5.74, 6) is -6.90. The molecule has 12 heteroatoms. The molecule has 12 nitrogen and oxygen atoms in total. The Balaban J connectivity index is 2.02. The van der Waals surface area contributed by atoms with E-state index in [4.69, 9.17) is 5.73 Å². The van der Waals surface area contributed by atoms with Gasteiger partial charge in [0.15, 0.2) is 11.4 Å². The Bertz CT molecular complexity index is 1400. The number of anilines is 1. The minimum absolute atomic E-state index is 0.0531. The molecule has 0 saturated carbocycles. The molecular weight excluding hydrogens is 532 g/mol. The smallest absolute Gasteiger partial charge is 0.255 e. The predicted octanol–water partition coefficient (Wildman–Crippen LogP) is 0.863. The lowest BCUT2D eigenvalue weighted by molar-refractivity contribution is -0.150. The first-order valence-corrected chi connectivity index (χ1v) is 13.6. The van der Waals surface area contributed by atoms with Gasteiger partial charge < -0.3 is 36.4 Å². The average molecular weight is 571 g/mol. The minimum atomic E-state index is -2.78. The number of hydrogen-bond acceptors (Lipinski definition) is 10. The van der Waals surface area contributed by atoms with E-state index in [9.17, 15) is 39.6 Å². The molecule has 41 heavy (non-hydrogen) atoms. The van der Waals surface area contributed by atoms with Crippen LogP contribution in [0.3, 0.4) is 0 Å². The fraction of sp³-hybridized carbons (Fsp3) is 0.517. The Morgan fingerprint density at radius 2 is 1.78 bits per heavy atom. The molecule has 0 bridgehead atoms. The maximum absolute atomic E-state index is 14.2. The number of ketones is 2. The molecule has 0 radical (unpaired) electrons. The van der Waals surface area contributed by atoms with Crippen molar-refractivity contribution in [3.63, 3.8) is 0 Å². The zero-order valence-corrected chi connectivity index (χ0v) is 23.9. The SMILES string of the molecule is CCCCC(=O)NC[C@@]12Cc3c(N(C)C)ccc(O)c3C(=O)C1=C(O)[C@]1(O)C(=O)C(C(N)=O)=C(O)[C@@H](N(C)C)[C@@H]1C2. The molecule has 3 aliphatic carbocycles. The Morgan fingerprint density at radius 1 is 1.12 bits per heavy atom. The monoisotopic (exact) mass is 570 g/mol. The first-order valence-electron chi connectivity index (χ1n) is 13.6. The molecule has 7 N–H and O–H groups in total. The number of unbranched alkanes of at least 4 members (excludes halogenated alkanes) is 1. The van der Waals surface area contributed by atoms with Gasteiger partial charge in [-0.1, -0.05) is 13.3 Å². The van der Waals surface area contributed by atoms with E-state index in [2.05, 4.69) is 5.32 Å². The van der Waals surface area contributed by atoms with Gasteiger partial charge in [-0.25, -0.2) is 0 Å². The van der Waals surface area contributed by atoms with Crippen molar-refractivity contribution in [2.24, 2.45) is 17.1 Å². The molecule has 0 aromatic heterocycles. The molecule has 4 atom stereocenters. The van der Waals surface area contributed by atoms with E-state index in [-0.39, 0.29) is 48.6 Å². The Morgan fingerprint density at radius 3 is 2.34 bits per heavy atom. The molecule has 0 spiro atoms. The van der Waals surface area contributed by atoms with Gasteiger partial charge in [-0.15, -0.1) is 0 Å². The number of hydrogen-bond donors (Lipinski definition) is 6. The van der Waals surface area contributed by atoms with Crippen molar-refractivity contribution in [1.82, 2.24) is 10.2 Å². The first-order chi connectivity index (χ1) is 19.1. The number of fused-ring (bicyclic) bond motifs is 3. The van der Waals surface area contributed by atoms with Gasteiger partial charge in [0, 0.05) is 49.7 Å². The zero-order chi connectivity index (χ0) is 30.6. The van der Waals surface area contributed by atoms with Gasteiger partial charge in [0.25, 0.3) is 5.91 Å². The van der Waals surface area contributed by atoms with Crippen LogP contribution < -0.4 is 16.0 Å². The van der Waals surface area contributed by atoms with Crippen LogP contribution in [0.5, 0.6) is 5.75 Å². The zero-order valence-electron chi connectivity index (χ0n) is 23.9. The molecule has 0 aliphatic heterocycles. The average Bonchev–Trinajstić information content (AvgIpc) is 2.88. The molecule has 0 unspecified atom stereocenters.